The van der Waals surface area contributed by atoms with Crippen molar-refractivity contribution in [3.8, 4) is 10.6 Å². The Morgan fingerprint density at radius 3 is 2.37 bits per heavy atom. The molecular weight excluding hydrogens is 392 g/mol. The van der Waals surface area contributed by atoms with Crippen LogP contribution in [0.5, 0.6) is 0 Å². The molecule has 10 heteroatoms. The molecule has 0 atom stereocenters. The van der Waals surface area contributed by atoms with Crippen molar-refractivity contribution >= 4 is 23.2 Å². The topological polar surface area (TPSA) is 30.2 Å². The Labute approximate surface area is 153 Å². The lowest BCUT2D eigenvalue weighted by Gasteiger charge is -2.06. The number of alkyl halides is 6. The van der Waals surface area contributed by atoms with E-state index in [1.807, 2.05) is 0 Å². The molecule has 0 saturated carbocycles. The summed E-state index contributed by atoms with van der Waals surface area (Å²) in [5, 5.41) is 3.45. The molecular formula is C17H11F6N3S. The zero-order valence-electron chi connectivity index (χ0n) is 13.6. The van der Waals surface area contributed by atoms with Gasteiger partial charge >= 0.3 is 12.4 Å². The molecule has 3 aromatic rings. The number of benzene rings is 1. The van der Waals surface area contributed by atoms with Gasteiger partial charge in [0, 0.05) is 18.1 Å². The first-order valence-corrected chi connectivity index (χ1v) is 8.28. The minimum atomic E-state index is -4.54. The van der Waals surface area contributed by atoms with E-state index in [1.165, 1.54) is 25.4 Å². The molecule has 2 heterocycles. The monoisotopic (exact) mass is 403 g/mol. The van der Waals surface area contributed by atoms with Crippen LogP contribution in [0.15, 0.2) is 47.5 Å². The standard InChI is InChI=1S/C17H11F6N3S/c1-26-13(8-15(25-26)17(21,22)23)14-6-5-12(27-14)9-24-11-4-2-3-10(7-11)16(18,19)20/h2-9H,1H3. The van der Waals surface area contributed by atoms with Crippen molar-refractivity contribution in [2.24, 2.45) is 12.0 Å². The largest absolute Gasteiger partial charge is 0.435 e. The lowest BCUT2D eigenvalue weighted by molar-refractivity contribution is -0.141. The Kier molecular flexibility index (Phi) is 4.85. The number of hydrogen-bond acceptors (Lipinski definition) is 3. The number of nitrogens with zero attached hydrogens (tertiary/aromatic N) is 3. The van der Waals surface area contributed by atoms with Crippen molar-refractivity contribution in [1.29, 1.82) is 0 Å². The summed E-state index contributed by atoms with van der Waals surface area (Å²) in [6, 6.07) is 8.72. The summed E-state index contributed by atoms with van der Waals surface area (Å²) in [5.74, 6) is 0. The summed E-state index contributed by atoms with van der Waals surface area (Å²) in [5.41, 5.74) is -1.39. The quantitative estimate of drug-likeness (QED) is 0.393. The molecule has 2 aromatic heterocycles. The summed E-state index contributed by atoms with van der Waals surface area (Å²) < 4.78 is 77.5. The zero-order chi connectivity index (χ0) is 19.8. The van der Waals surface area contributed by atoms with Gasteiger partial charge < -0.3 is 0 Å². The number of hydrogen-bond donors (Lipinski definition) is 0. The Morgan fingerprint density at radius 2 is 1.74 bits per heavy atom. The highest BCUT2D eigenvalue weighted by Crippen LogP contribution is 2.34. The fourth-order valence-electron chi connectivity index (χ4n) is 2.30. The average molecular weight is 403 g/mol. The first kappa shape index (κ1) is 19.2. The van der Waals surface area contributed by atoms with Gasteiger partial charge in [-0.15, -0.1) is 11.3 Å². The van der Waals surface area contributed by atoms with Gasteiger partial charge in [0.1, 0.15) is 0 Å². The number of aryl methyl sites for hydroxylation is 1. The maximum Gasteiger partial charge on any atom is 0.435 e. The predicted molar refractivity (Wildman–Crippen MR) is 90.2 cm³/mol. The maximum absolute atomic E-state index is 12.8. The van der Waals surface area contributed by atoms with Gasteiger partial charge in [-0.3, -0.25) is 9.67 Å². The van der Waals surface area contributed by atoms with E-state index < -0.39 is 23.6 Å². The van der Waals surface area contributed by atoms with Crippen LogP contribution in [0.4, 0.5) is 32.0 Å². The van der Waals surface area contributed by atoms with Crippen molar-refractivity contribution in [2.75, 3.05) is 0 Å². The van der Waals surface area contributed by atoms with Crippen LogP contribution >= 0.6 is 11.3 Å². The molecule has 0 bridgehead atoms. The number of thiophene rings is 1. The number of aromatic nitrogens is 2. The minimum absolute atomic E-state index is 0.125. The van der Waals surface area contributed by atoms with Crippen molar-refractivity contribution in [2.45, 2.75) is 12.4 Å². The van der Waals surface area contributed by atoms with Crippen molar-refractivity contribution in [3.05, 3.63) is 58.6 Å². The molecule has 0 spiro atoms. The zero-order valence-corrected chi connectivity index (χ0v) is 14.5. The number of aliphatic imine (C=N–C) groups is 1. The molecule has 0 aliphatic carbocycles. The SMILES string of the molecule is Cn1nc(C(F)(F)F)cc1-c1ccc(C=Nc2cccc(C(F)(F)F)c2)s1. The molecule has 142 valence electrons. The molecule has 0 N–H and O–H groups in total. The first-order valence-electron chi connectivity index (χ1n) is 7.47. The van der Waals surface area contributed by atoms with Crippen LogP contribution in [0.3, 0.4) is 0 Å². The van der Waals surface area contributed by atoms with Crippen LogP contribution < -0.4 is 0 Å². The van der Waals surface area contributed by atoms with Crippen molar-refractivity contribution in [3.63, 3.8) is 0 Å². The van der Waals surface area contributed by atoms with Gasteiger partial charge in [-0.1, -0.05) is 6.07 Å². The second-order valence-electron chi connectivity index (χ2n) is 5.54. The van der Waals surface area contributed by atoms with Gasteiger partial charge in [0.2, 0.25) is 0 Å². The van der Waals surface area contributed by atoms with Crippen molar-refractivity contribution in [1.82, 2.24) is 9.78 Å². The molecule has 0 aliphatic rings. The molecule has 27 heavy (non-hydrogen) atoms. The Balaban J connectivity index is 1.83. The van der Waals surface area contributed by atoms with E-state index in [-0.39, 0.29) is 11.4 Å². The molecule has 3 nitrogen and oxygen atoms in total. The van der Waals surface area contributed by atoms with Crippen LogP contribution in [-0.2, 0) is 19.4 Å². The van der Waals surface area contributed by atoms with Crippen LogP contribution in [-0.4, -0.2) is 16.0 Å². The molecule has 1 aromatic carbocycles. The van der Waals surface area contributed by atoms with Gasteiger partial charge in [0.25, 0.3) is 0 Å². The van der Waals surface area contributed by atoms with E-state index in [0.717, 1.165) is 34.2 Å². The maximum atomic E-state index is 12.8. The second-order valence-corrected chi connectivity index (χ2v) is 6.66. The van der Waals surface area contributed by atoms with Crippen LogP contribution in [0, 0.1) is 0 Å². The van der Waals surface area contributed by atoms with Gasteiger partial charge in [-0.2, -0.15) is 31.4 Å². The smallest absolute Gasteiger partial charge is 0.267 e. The van der Waals surface area contributed by atoms with E-state index in [9.17, 15) is 26.3 Å². The molecule has 0 saturated heterocycles. The van der Waals surface area contributed by atoms with Gasteiger partial charge in [0.15, 0.2) is 5.69 Å². The summed E-state index contributed by atoms with van der Waals surface area (Å²) in [4.78, 5) is 5.12. The number of rotatable bonds is 3. The molecule has 0 aliphatic heterocycles. The fraction of sp³-hybridized carbons (Fsp3) is 0.176. The average Bonchev–Trinajstić information content (AvgIpc) is 3.18. The lowest BCUT2D eigenvalue weighted by Crippen LogP contribution is -2.06. The summed E-state index contributed by atoms with van der Waals surface area (Å²) in [7, 11) is 1.40. The van der Waals surface area contributed by atoms with E-state index in [0.29, 0.717) is 9.75 Å². The van der Waals surface area contributed by atoms with E-state index in [1.54, 1.807) is 12.1 Å². The Hall–Kier alpha value is -2.62. The summed E-state index contributed by atoms with van der Waals surface area (Å²) in [6.45, 7) is 0. The van der Waals surface area contributed by atoms with Crippen LogP contribution in [0.25, 0.3) is 10.6 Å². The molecule has 0 radical (unpaired) electrons. The third-order valence-electron chi connectivity index (χ3n) is 3.56. The fourth-order valence-corrected chi connectivity index (χ4v) is 3.22. The number of halogens is 6. The first-order chi connectivity index (χ1) is 12.5. The second kappa shape index (κ2) is 6.84. The third-order valence-corrected chi connectivity index (χ3v) is 4.61. The predicted octanol–water partition coefficient (Wildman–Crippen LogP) is 5.94. The van der Waals surface area contributed by atoms with E-state index in [2.05, 4.69) is 10.1 Å². The minimum Gasteiger partial charge on any atom is -0.267 e. The Morgan fingerprint density at radius 1 is 1.00 bits per heavy atom. The molecule has 0 unspecified atom stereocenters. The van der Waals surface area contributed by atoms with Gasteiger partial charge in [-0.05, 0) is 36.4 Å². The molecule has 0 amide bonds. The third kappa shape index (κ3) is 4.38. The normalized spacial score (nSPS) is 12.9. The van der Waals surface area contributed by atoms with E-state index >= 15 is 0 Å². The molecule has 0 fully saturated rings. The van der Waals surface area contributed by atoms with Gasteiger partial charge in [0.05, 0.1) is 21.8 Å². The summed E-state index contributed by atoms with van der Waals surface area (Å²) in [6.07, 6.45) is -7.64. The highest BCUT2D eigenvalue weighted by molar-refractivity contribution is 7.17. The van der Waals surface area contributed by atoms with E-state index in [4.69, 9.17) is 0 Å². The summed E-state index contributed by atoms with van der Waals surface area (Å²) >= 11 is 1.15. The van der Waals surface area contributed by atoms with Crippen LogP contribution in [0.2, 0.25) is 0 Å². The van der Waals surface area contributed by atoms with Gasteiger partial charge in [-0.25, -0.2) is 0 Å². The highest BCUT2D eigenvalue weighted by Gasteiger charge is 2.34. The van der Waals surface area contributed by atoms with Crippen LogP contribution in [0.1, 0.15) is 16.1 Å². The molecule has 3 rings (SSSR count). The lowest BCUT2D eigenvalue weighted by atomic mass is 10.2. The van der Waals surface area contributed by atoms with Crippen molar-refractivity contribution < 1.29 is 26.3 Å². The Bertz CT molecular complexity index is 981. The highest BCUT2D eigenvalue weighted by atomic mass is 32.1.